The van der Waals surface area contributed by atoms with E-state index < -0.39 is 0 Å². The Morgan fingerprint density at radius 3 is 2.78 bits per heavy atom. The van der Waals surface area contributed by atoms with Gasteiger partial charge in [0.25, 0.3) is 0 Å². The van der Waals surface area contributed by atoms with Crippen molar-refractivity contribution in [2.24, 2.45) is 0 Å². The van der Waals surface area contributed by atoms with Gasteiger partial charge in [-0.25, -0.2) is 0 Å². The minimum absolute atomic E-state index is 0.0397. The minimum Gasteiger partial charge on any atom is -0.398 e. The first kappa shape index (κ1) is 12.7. The highest BCUT2D eigenvalue weighted by atomic mass is 16.2. The number of hydrogen-bond donors (Lipinski definition) is 1. The third kappa shape index (κ3) is 2.28. The topological polar surface area (TPSA) is 49.6 Å². The molecule has 0 bridgehead atoms. The third-order valence-corrected chi connectivity index (χ3v) is 3.57. The number of carbonyl (C=O) groups excluding carboxylic acids is 1. The molecule has 4 heteroatoms. The van der Waals surface area contributed by atoms with E-state index in [0.717, 1.165) is 36.3 Å². The van der Waals surface area contributed by atoms with E-state index in [1.54, 1.807) is 4.90 Å². The summed E-state index contributed by atoms with van der Waals surface area (Å²) in [5.41, 5.74) is 8.86. The predicted octanol–water partition coefficient (Wildman–Crippen LogP) is 1.63. The number of nitrogens with two attached hydrogens (primary N) is 1. The number of aryl methyl sites for hydroxylation is 1. The maximum Gasteiger partial charge on any atom is 0.244 e. The van der Waals surface area contributed by atoms with Gasteiger partial charge in [-0.3, -0.25) is 4.79 Å². The summed E-state index contributed by atoms with van der Waals surface area (Å²) in [5, 5.41) is 0. The molecule has 1 unspecified atom stereocenters. The Morgan fingerprint density at radius 1 is 1.44 bits per heavy atom. The van der Waals surface area contributed by atoms with E-state index in [4.69, 9.17) is 5.73 Å². The van der Waals surface area contributed by atoms with Crippen LogP contribution in [0.4, 0.5) is 11.4 Å². The molecule has 0 spiro atoms. The largest absolute Gasteiger partial charge is 0.398 e. The molecule has 1 atom stereocenters. The maximum atomic E-state index is 12.1. The van der Waals surface area contributed by atoms with Crippen LogP contribution in [0.2, 0.25) is 0 Å². The van der Waals surface area contributed by atoms with Gasteiger partial charge in [0, 0.05) is 32.0 Å². The zero-order valence-corrected chi connectivity index (χ0v) is 11.3. The van der Waals surface area contributed by atoms with E-state index in [2.05, 4.69) is 4.90 Å². The average Bonchev–Trinajstić information content (AvgIpc) is 2.80. The van der Waals surface area contributed by atoms with E-state index in [-0.39, 0.29) is 11.9 Å². The lowest BCUT2D eigenvalue weighted by Crippen LogP contribution is -2.42. The van der Waals surface area contributed by atoms with Gasteiger partial charge in [-0.2, -0.15) is 0 Å². The van der Waals surface area contributed by atoms with Crippen LogP contribution in [0.15, 0.2) is 18.2 Å². The predicted molar refractivity (Wildman–Crippen MR) is 74.7 cm³/mol. The smallest absolute Gasteiger partial charge is 0.244 e. The lowest BCUT2D eigenvalue weighted by atomic mass is 10.1. The van der Waals surface area contributed by atoms with Crippen molar-refractivity contribution in [3.63, 3.8) is 0 Å². The Bertz CT molecular complexity index is 456. The first-order valence-corrected chi connectivity index (χ1v) is 6.34. The van der Waals surface area contributed by atoms with Crippen LogP contribution in [-0.2, 0) is 4.79 Å². The number of carbonyl (C=O) groups is 1. The van der Waals surface area contributed by atoms with Gasteiger partial charge < -0.3 is 15.5 Å². The molecule has 2 N–H and O–H groups in total. The SMILES string of the molecule is Cc1ccc(N2CCCC2C(=O)N(C)C)cc1N. The second-order valence-corrected chi connectivity index (χ2v) is 5.12. The van der Waals surface area contributed by atoms with Crippen molar-refractivity contribution in [3.05, 3.63) is 23.8 Å². The van der Waals surface area contributed by atoms with Crippen molar-refractivity contribution in [2.45, 2.75) is 25.8 Å². The van der Waals surface area contributed by atoms with Crippen molar-refractivity contribution in [3.8, 4) is 0 Å². The van der Waals surface area contributed by atoms with E-state index in [1.807, 2.05) is 39.2 Å². The molecule has 1 amide bonds. The molecular formula is C14H21N3O. The molecule has 1 aliphatic heterocycles. The highest BCUT2D eigenvalue weighted by molar-refractivity contribution is 5.85. The quantitative estimate of drug-likeness (QED) is 0.808. The van der Waals surface area contributed by atoms with Crippen LogP contribution in [0.3, 0.4) is 0 Å². The van der Waals surface area contributed by atoms with Gasteiger partial charge in [0.2, 0.25) is 5.91 Å². The molecule has 1 saturated heterocycles. The van der Waals surface area contributed by atoms with E-state index in [0.29, 0.717) is 0 Å². The summed E-state index contributed by atoms with van der Waals surface area (Å²) in [6, 6.07) is 5.99. The van der Waals surface area contributed by atoms with Crippen LogP contribution >= 0.6 is 0 Å². The fourth-order valence-electron chi connectivity index (χ4n) is 2.44. The van der Waals surface area contributed by atoms with Crippen LogP contribution in [-0.4, -0.2) is 37.5 Å². The minimum atomic E-state index is -0.0397. The summed E-state index contributed by atoms with van der Waals surface area (Å²) in [4.78, 5) is 16.0. The fourth-order valence-corrected chi connectivity index (χ4v) is 2.44. The fraction of sp³-hybridized carbons (Fsp3) is 0.500. The van der Waals surface area contributed by atoms with Gasteiger partial charge in [-0.1, -0.05) is 6.07 Å². The first-order chi connectivity index (χ1) is 8.50. The van der Waals surface area contributed by atoms with Crippen LogP contribution < -0.4 is 10.6 Å². The summed E-state index contributed by atoms with van der Waals surface area (Å²) in [7, 11) is 3.62. The Labute approximate surface area is 108 Å². The number of hydrogen-bond acceptors (Lipinski definition) is 3. The Balaban J connectivity index is 2.26. The zero-order chi connectivity index (χ0) is 13.3. The monoisotopic (exact) mass is 247 g/mol. The molecule has 1 aliphatic rings. The number of nitrogens with zero attached hydrogens (tertiary/aromatic N) is 2. The highest BCUT2D eigenvalue weighted by Gasteiger charge is 2.31. The van der Waals surface area contributed by atoms with Gasteiger partial charge in [-0.15, -0.1) is 0 Å². The van der Waals surface area contributed by atoms with Crippen LogP contribution in [0.5, 0.6) is 0 Å². The highest BCUT2D eigenvalue weighted by Crippen LogP contribution is 2.28. The van der Waals surface area contributed by atoms with Crippen LogP contribution in [0.25, 0.3) is 0 Å². The Hall–Kier alpha value is -1.71. The molecule has 4 nitrogen and oxygen atoms in total. The Morgan fingerprint density at radius 2 is 2.17 bits per heavy atom. The van der Waals surface area contributed by atoms with Crippen molar-refractivity contribution >= 4 is 17.3 Å². The molecule has 18 heavy (non-hydrogen) atoms. The summed E-state index contributed by atoms with van der Waals surface area (Å²) in [5.74, 6) is 0.173. The maximum absolute atomic E-state index is 12.1. The number of nitrogen functional groups attached to an aromatic ring is 1. The molecule has 98 valence electrons. The number of rotatable bonds is 2. The molecule has 0 aliphatic carbocycles. The van der Waals surface area contributed by atoms with Crippen LogP contribution in [0.1, 0.15) is 18.4 Å². The molecular weight excluding hydrogens is 226 g/mol. The number of anilines is 2. The van der Waals surface area contributed by atoms with Gasteiger partial charge >= 0.3 is 0 Å². The molecule has 0 radical (unpaired) electrons. The standard InChI is InChI=1S/C14H21N3O/c1-10-6-7-11(9-12(10)15)17-8-4-5-13(17)14(18)16(2)3/h6-7,9,13H,4-5,8,15H2,1-3H3. The number of amides is 1. The number of likely N-dealkylation sites (N-methyl/N-ethyl adjacent to an activating group) is 1. The molecule has 0 saturated carbocycles. The molecule has 0 aromatic heterocycles. The van der Waals surface area contributed by atoms with Crippen LogP contribution in [0, 0.1) is 6.92 Å². The van der Waals surface area contributed by atoms with Gasteiger partial charge in [0.1, 0.15) is 6.04 Å². The third-order valence-electron chi connectivity index (χ3n) is 3.57. The first-order valence-electron chi connectivity index (χ1n) is 6.34. The van der Waals surface area contributed by atoms with Crippen molar-refractivity contribution in [1.82, 2.24) is 4.90 Å². The number of benzene rings is 1. The summed E-state index contributed by atoms with van der Waals surface area (Å²) < 4.78 is 0. The zero-order valence-electron chi connectivity index (χ0n) is 11.3. The average molecular weight is 247 g/mol. The summed E-state index contributed by atoms with van der Waals surface area (Å²) in [6.07, 6.45) is 1.98. The lowest BCUT2D eigenvalue weighted by molar-refractivity contribution is -0.129. The van der Waals surface area contributed by atoms with Gasteiger partial charge in [-0.05, 0) is 37.5 Å². The second-order valence-electron chi connectivity index (χ2n) is 5.12. The molecule has 2 rings (SSSR count). The van der Waals surface area contributed by atoms with Gasteiger partial charge in [0.15, 0.2) is 0 Å². The molecule has 1 aromatic rings. The molecule has 1 heterocycles. The van der Waals surface area contributed by atoms with Gasteiger partial charge in [0.05, 0.1) is 0 Å². The second kappa shape index (κ2) is 4.88. The lowest BCUT2D eigenvalue weighted by Gasteiger charge is -2.28. The van der Waals surface area contributed by atoms with E-state index in [1.165, 1.54) is 0 Å². The van der Waals surface area contributed by atoms with Crippen molar-refractivity contribution in [1.29, 1.82) is 0 Å². The van der Waals surface area contributed by atoms with E-state index in [9.17, 15) is 4.79 Å². The normalized spacial score (nSPS) is 19.1. The summed E-state index contributed by atoms with van der Waals surface area (Å²) >= 11 is 0. The Kier molecular flexibility index (Phi) is 3.45. The summed E-state index contributed by atoms with van der Waals surface area (Å²) in [6.45, 7) is 2.91. The molecule has 1 fully saturated rings. The van der Waals surface area contributed by atoms with Crippen molar-refractivity contribution in [2.75, 3.05) is 31.3 Å². The molecule has 1 aromatic carbocycles. The van der Waals surface area contributed by atoms with E-state index >= 15 is 0 Å². The van der Waals surface area contributed by atoms with Crippen molar-refractivity contribution < 1.29 is 4.79 Å².